The Balaban J connectivity index is 1.63. The van der Waals surface area contributed by atoms with Crippen LogP contribution in [0, 0.1) is 5.92 Å². The summed E-state index contributed by atoms with van der Waals surface area (Å²) in [6.45, 7) is 1.24. The van der Waals surface area contributed by atoms with Gasteiger partial charge in [0, 0.05) is 26.1 Å². The third-order valence-electron chi connectivity index (χ3n) is 4.92. The smallest absolute Gasteiger partial charge is 0.326 e. The van der Waals surface area contributed by atoms with Gasteiger partial charge in [-0.05, 0) is 30.5 Å². The highest BCUT2D eigenvalue weighted by molar-refractivity contribution is 5.91. The Kier molecular flexibility index (Phi) is 4.92. The number of nitrogens with zero attached hydrogens (tertiary/aromatic N) is 2. The minimum absolute atomic E-state index is 0.0692. The third-order valence-corrected chi connectivity index (χ3v) is 4.92. The summed E-state index contributed by atoms with van der Waals surface area (Å²) in [6.07, 6.45) is 1.33. The summed E-state index contributed by atoms with van der Waals surface area (Å²) in [6, 6.07) is 6.70. The van der Waals surface area contributed by atoms with Gasteiger partial charge in [-0.15, -0.1) is 0 Å². The summed E-state index contributed by atoms with van der Waals surface area (Å²) in [5.74, 6) is -0.954. The van der Waals surface area contributed by atoms with Gasteiger partial charge >= 0.3 is 5.97 Å². The summed E-state index contributed by atoms with van der Waals surface area (Å²) < 4.78 is 5.12. The predicted octanol–water partition coefficient (Wildman–Crippen LogP) is 1.12. The second kappa shape index (κ2) is 7.13. The van der Waals surface area contributed by atoms with Gasteiger partial charge in [0.2, 0.25) is 11.8 Å². The largest absolute Gasteiger partial charge is 0.497 e. The quantitative estimate of drug-likeness (QED) is 0.863. The number of carboxylic acid groups (broad SMARTS) is 1. The van der Waals surface area contributed by atoms with Gasteiger partial charge in [0.05, 0.1) is 13.0 Å². The highest BCUT2D eigenvalue weighted by Gasteiger charge is 2.41. The van der Waals surface area contributed by atoms with Crippen molar-refractivity contribution in [3.05, 3.63) is 29.8 Å². The van der Waals surface area contributed by atoms with Crippen LogP contribution in [0.3, 0.4) is 0 Å². The Morgan fingerprint density at radius 1 is 1.28 bits per heavy atom. The molecule has 2 aliphatic rings. The van der Waals surface area contributed by atoms with Gasteiger partial charge in [0.25, 0.3) is 0 Å². The molecule has 25 heavy (non-hydrogen) atoms. The number of amides is 2. The highest BCUT2D eigenvalue weighted by Crippen LogP contribution is 2.26. The molecular weight excluding hydrogens is 324 g/mol. The van der Waals surface area contributed by atoms with Gasteiger partial charge in [0.1, 0.15) is 11.8 Å². The normalized spacial score (nSPS) is 23.2. The number of carboxylic acids is 1. The van der Waals surface area contributed by atoms with Crippen LogP contribution in [0.5, 0.6) is 5.75 Å². The van der Waals surface area contributed by atoms with E-state index in [-0.39, 0.29) is 18.2 Å². The number of benzene rings is 1. The van der Waals surface area contributed by atoms with Gasteiger partial charge in [-0.2, -0.15) is 0 Å². The maximum atomic E-state index is 12.7. The lowest BCUT2D eigenvalue weighted by Gasteiger charge is -2.24. The number of aliphatic carboxylic acids is 1. The lowest BCUT2D eigenvalue weighted by atomic mass is 10.1. The van der Waals surface area contributed by atoms with Gasteiger partial charge in [-0.1, -0.05) is 12.1 Å². The van der Waals surface area contributed by atoms with E-state index in [1.807, 2.05) is 24.3 Å². The van der Waals surface area contributed by atoms with E-state index in [1.54, 1.807) is 12.0 Å². The van der Waals surface area contributed by atoms with E-state index in [2.05, 4.69) is 0 Å². The monoisotopic (exact) mass is 346 g/mol. The molecule has 134 valence electrons. The molecule has 1 aromatic carbocycles. The molecule has 3 rings (SSSR count). The number of hydrogen-bond donors (Lipinski definition) is 1. The first kappa shape index (κ1) is 17.3. The molecule has 7 nitrogen and oxygen atoms in total. The van der Waals surface area contributed by atoms with Gasteiger partial charge in [-0.25, -0.2) is 4.79 Å². The van der Waals surface area contributed by atoms with Crippen LogP contribution in [0.15, 0.2) is 24.3 Å². The van der Waals surface area contributed by atoms with Gasteiger partial charge in [-0.3, -0.25) is 9.59 Å². The Morgan fingerprint density at radius 3 is 2.64 bits per heavy atom. The molecule has 2 atom stereocenters. The zero-order valence-corrected chi connectivity index (χ0v) is 14.2. The summed E-state index contributed by atoms with van der Waals surface area (Å²) >= 11 is 0. The molecule has 7 heteroatoms. The molecule has 0 aromatic heterocycles. The number of methoxy groups -OCH3 is 1. The van der Waals surface area contributed by atoms with E-state index < -0.39 is 17.9 Å². The molecular formula is C18H22N2O5. The van der Waals surface area contributed by atoms with E-state index >= 15 is 0 Å². The molecule has 0 bridgehead atoms. The average molecular weight is 346 g/mol. The first-order chi connectivity index (χ1) is 12.0. The molecule has 0 unspecified atom stereocenters. The molecule has 1 aromatic rings. The molecule has 0 radical (unpaired) electrons. The van der Waals surface area contributed by atoms with Crippen LogP contribution < -0.4 is 4.74 Å². The van der Waals surface area contributed by atoms with Crippen LogP contribution in [-0.2, 0) is 20.9 Å². The highest BCUT2D eigenvalue weighted by atomic mass is 16.5. The summed E-state index contributed by atoms with van der Waals surface area (Å²) in [5, 5.41) is 9.24. The molecule has 0 saturated carbocycles. The number of carbonyl (C=O) groups is 3. The second-order valence-corrected chi connectivity index (χ2v) is 6.55. The van der Waals surface area contributed by atoms with E-state index in [0.29, 0.717) is 32.5 Å². The van der Waals surface area contributed by atoms with Crippen molar-refractivity contribution in [1.29, 1.82) is 0 Å². The Labute approximate surface area is 146 Å². The number of carbonyl (C=O) groups excluding carboxylic acids is 2. The fourth-order valence-corrected chi connectivity index (χ4v) is 3.56. The number of rotatable bonds is 5. The second-order valence-electron chi connectivity index (χ2n) is 6.55. The van der Waals surface area contributed by atoms with E-state index in [9.17, 15) is 19.5 Å². The summed E-state index contributed by atoms with van der Waals surface area (Å²) in [5.41, 5.74) is 0.965. The van der Waals surface area contributed by atoms with Crippen LogP contribution in [0.2, 0.25) is 0 Å². The standard InChI is InChI=1S/C18H22N2O5/c1-25-14-6-4-12(5-7-14)10-19-11-13(9-16(19)21)17(22)20-8-2-3-15(20)18(23)24/h4-7,13,15H,2-3,8-11H2,1H3,(H,23,24)/t13-,15-/m1/s1. The van der Waals surface area contributed by atoms with Crippen molar-refractivity contribution in [2.24, 2.45) is 5.92 Å². The molecule has 2 heterocycles. The summed E-state index contributed by atoms with van der Waals surface area (Å²) in [7, 11) is 1.60. The fraction of sp³-hybridized carbons (Fsp3) is 0.500. The molecule has 2 saturated heterocycles. The molecule has 2 amide bonds. The SMILES string of the molecule is COc1ccc(CN2C[C@H](C(=O)N3CCC[C@@H]3C(=O)O)CC2=O)cc1. The third kappa shape index (κ3) is 3.60. The Hall–Kier alpha value is -2.57. The molecule has 1 N–H and O–H groups in total. The van der Waals surface area contributed by atoms with Crippen LogP contribution in [0.4, 0.5) is 0 Å². The minimum atomic E-state index is -0.967. The minimum Gasteiger partial charge on any atom is -0.497 e. The van der Waals surface area contributed by atoms with Gasteiger partial charge < -0.3 is 19.6 Å². The molecule has 2 aliphatic heterocycles. The summed E-state index contributed by atoms with van der Waals surface area (Å²) in [4.78, 5) is 39.3. The number of likely N-dealkylation sites (tertiary alicyclic amines) is 2. The Morgan fingerprint density at radius 2 is 2.00 bits per heavy atom. The van der Waals surface area contributed by atoms with Crippen molar-refractivity contribution in [1.82, 2.24) is 9.80 Å². The molecule has 0 spiro atoms. The first-order valence-electron chi connectivity index (χ1n) is 8.43. The lowest BCUT2D eigenvalue weighted by Crippen LogP contribution is -2.44. The fourth-order valence-electron chi connectivity index (χ4n) is 3.56. The Bertz CT molecular complexity index is 673. The lowest BCUT2D eigenvalue weighted by molar-refractivity contribution is -0.149. The van der Waals surface area contributed by atoms with Gasteiger partial charge in [0.15, 0.2) is 0 Å². The van der Waals surface area contributed by atoms with Crippen molar-refractivity contribution in [2.45, 2.75) is 31.8 Å². The number of hydrogen-bond acceptors (Lipinski definition) is 4. The van der Waals surface area contributed by atoms with Crippen molar-refractivity contribution in [3.63, 3.8) is 0 Å². The van der Waals surface area contributed by atoms with Crippen molar-refractivity contribution >= 4 is 17.8 Å². The van der Waals surface area contributed by atoms with Crippen LogP contribution in [0.25, 0.3) is 0 Å². The van der Waals surface area contributed by atoms with E-state index in [1.165, 1.54) is 4.90 Å². The predicted molar refractivity (Wildman–Crippen MR) is 88.9 cm³/mol. The maximum absolute atomic E-state index is 12.7. The zero-order chi connectivity index (χ0) is 18.0. The van der Waals surface area contributed by atoms with Crippen LogP contribution in [0.1, 0.15) is 24.8 Å². The van der Waals surface area contributed by atoms with Crippen molar-refractivity contribution < 1.29 is 24.2 Å². The maximum Gasteiger partial charge on any atom is 0.326 e. The molecule has 2 fully saturated rings. The first-order valence-corrected chi connectivity index (χ1v) is 8.43. The molecule has 0 aliphatic carbocycles. The average Bonchev–Trinajstić information content (AvgIpc) is 3.22. The zero-order valence-electron chi connectivity index (χ0n) is 14.2. The van der Waals surface area contributed by atoms with Crippen molar-refractivity contribution in [2.75, 3.05) is 20.2 Å². The van der Waals surface area contributed by atoms with E-state index in [0.717, 1.165) is 11.3 Å². The topological polar surface area (TPSA) is 87.2 Å². The number of ether oxygens (including phenoxy) is 1. The van der Waals surface area contributed by atoms with Crippen LogP contribution >= 0.6 is 0 Å². The van der Waals surface area contributed by atoms with E-state index in [4.69, 9.17) is 4.74 Å². The van der Waals surface area contributed by atoms with Crippen LogP contribution in [-0.4, -0.2) is 58.9 Å². The van der Waals surface area contributed by atoms with Crippen molar-refractivity contribution in [3.8, 4) is 5.75 Å².